The lowest BCUT2D eigenvalue weighted by Crippen LogP contribution is -2.32. The maximum absolute atomic E-state index is 12.2. The van der Waals surface area contributed by atoms with E-state index in [1.54, 1.807) is 54.6 Å². The maximum atomic E-state index is 12.2. The van der Waals surface area contributed by atoms with Crippen molar-refractivity contribution in [3.63, 3.8) is 0 Å². The molecule has 31 heavy (non-hydrogen) atoms. The largest absolute Gasteiger partial charge is 0.423 e. The molecule has 0 radical (unpaired) electrons. The number of esters is 1. The molecule has 0 aromatic heterocycles. The topological polar surface area (TPSA) is 96.9 Å². The van der Waals surface area contributed by atoms with Crippen LogP contribution in [0.25, 0.3) is 0 Å². The zero-order chi connectivity index (χ0) is 22.2. The van der Waals surface area contributed by atoms with Crippen molar-refractivity contribution in [2.45, 2.75) is 13.8 Å². The fraction of sp³-hybridized carbons (Fsp3) is 0.0833. The van der Waals surface area contributed by atoms with Gasteiger partial charge in [0, 0.05) is 5.69 Å². The average molecular weight is 415 g/mol. The first kappa shape index (κ1) is 21.4. The number of carbonyl (C=O) groups is 3. The molecular weight excluding hydrogens is 394 g/mol. The van der Waals surface area contributed by atoms with E-state index in [1.165, 1.54) is 6.21 Å². The summed E-state index contributed by atoms with van der Waals surface area (Å²) in [6.07, 6.45) is 1.38. The van der Waals surface area contributed by atoms with E-state index in [2.05, 4.69) is 15.8 Å². The van der Waals surface area contributed by atoms with Crippen LogP contribution in [0.4, 0.5) is 5.69 Å². The van der Waals surface area contributed by atoms with Gasteiger partial charge in [-0.1, -0.05) is 35.4 Å². The second-order valence-corrected chi connectivity index (χ2v) is 6.85. The zero-order valence-electron chi connectivity index (χ0n) is 17.1. The van der Waals surface area contributed by atoms with E-state index in [4.69, 9.17) is 4.74 Å². The van der Waals surface area contributed by atoms with Crippen LogP contribution in [0.5, 0.6) is 5.75 Å². The summed E-state index contributed by atoms with van der Waals surface area (Å²) >= 11 is 0. The van der Waals surface area contributed by atoms with E-state index in [-0.39, 0.29) is 0 Å². The highest BCUT2D eigenvalue weighted by molar-refractivity contribution is 6.39. The second-order valence-electron chi connectivity index (χ2n) is 6.85. The molecule has 0 fully saturated rings. The molecule has 0 saturated carbocycles. The summed E-state index contributed by atoms with van der Waals surface area (Å²) in [5, 5.41) is 6.26. The minimum absolute atomic E-state index is 0.380. The van der Waals surface area contributed by atoms with Crippen molar-refractivity contribution in [1.82, 2.24) is 5.43 Å². The van der Waals surface area contributed by atoms with Gasteiger partial charge in [0.15, 0.2) is 0 Å². The molecule has 0 atom stereocenters. The number of amides is 2. The molecule has 7 heteroatoms. The fourth-order valence-corrected chi connectivity index (χ4v) is 2.60. The third kappa shape index (κ3) is 6.37. The highest BCUT2D eigenvalue weighted by Gasteiger charge is 2.12. The van der Waals surface area contributed by atoms with E-state index in [0.29, 0.717) is 22.6 Å². The van der Waals surface area contributed by atoms with Crippen molar-refractivity contribution >= 4 is 29.7 Å². The van der Waals surface area contributed by atoms with Gasteiger partial charge >= 0.3 is 17.8 Å². The van der Waals surface area contributed by atoms with Gasteiger partial charge in [0.2, 0.25) is 0 Å². The molecule has 0 spiro atoms. The summed E-state index contributed by atoms with van der Waals surface area (Å²) in [6, 6.07) is 20.8. The van der Waals surface area contributed by atoms with Gasteiger partial charge in [-0.15, -0.1) is 0 Å². The number of hydrogen-bond donors (Lipinski definition) is 2. The van der Waals surface area contributed by atoms with Crippen LogP contribution in [0.2, 0.25) is 0 Å². The van der Waals surface area contributed by atoms with Gasteiger partial charge in [-0.2, -0.15) is 5.10 Å². The van der Waals surface area contributed by atoms with E-state index in [9.17, 15) is 14.4 Å². The monoisotopic (exact) mass is 415 g/mol. The Hall–Kier alpha value is -4.26. The minimum atomic E-state index is -0.888. The number of hydrogen-bond acceptors (Lipinski definition) is 5. The Morgan fingerprint density at radius 2 is 1.55 bits per heavy atom. The number of ether oxygens (including phenoxy) is 1. The molecule has 0 aliphatic heterocycles. The zero-order valence-corrected chi connectivity index (χ0v) is 17.1. The van der Waals surface area contributed by atoms with Crippen molar-refractivity contribution in [2.24, 2.45) is 5.10 Å². The number of benzene rings is 3. The van der Waals surface area contributed by atoms with Gasteiger partial charge in [-0.25, -0.2) is 10.2 Å². The van der Waals surface area contributed by atoms with E-state index < -0.39 is 17.8 Å². The van der Waals surface area contributed by atoms with Gasteiger partial charge in [-0.05, 0) is 67.9 Å². The molecule has 2 N–H and O–H groups in total. The molecule has 156 valence electrons. The normalized spacial score (nSPS) is 10.5. The predicted octanol–water partition coefficient (Wildman–Crippen LogP) is 3.61. The lowest BCUT2D eigenvalue weighted by Gasteiger charge is -2.05. The van der Waals surface area contributed by atoms with E-state index in [0.717, 1.165) is 11.1 Å². The molecule has 0 heterocycles. The number of nitrogens with zero attached hydrogens (tertiary/aromatic N) is 1. The number of rotatable bonds is 5. The average Bonchev–Trinajstić information content (AvgIpc) is 2.76. The number of nitrogens with one attached hydrogen (secondary N) is 2. The molecule has 7 nitrogen and oxygen atoms in total. The van der Waals surface area contributed by atoms with Crippen LogP contribution in [0.15, 0.2) is 77.9 Å². The van der Waals surface area contributed by atoms with E-state index in [1.807, 2.05) is 32.0 Å². The summed E-state index contributed by atoms with van der Waals surface area (Å²) in [7, 11) is 0. The third-order valence-electron chi connectivity index (χ3n) is 4.24. The Labute approximate surface area is 179 Å². The van der Waals surface area contributed by atoms with Crippen LogP contribution in [0, 0.1) is 13.8 Å². The van der Waals surface area contributed by atoms with Crippen LogP contribution in [-0.2, 0) is 9.59 Å². The first-order chi connectivity index (χ1) is 14.9. The molecule has 3 aromatic carbocycles. The number of anilines is 1. The van der Waals surface area contributed by atoms with Crippen LogP contribution in [0.3, 0.4) is 0 Å². The van der Waals surface area contributed by atoms with Gasteiger partial charge in [0.05, 0.1) is 11.8 Å². The SMILES string of the molecule is Cc1ccc(NC(=O)C(=O)N/N=C/c2ccc(OC(=O)c3cccc(C)c3)cc2)cc1. The van der Waals surface area contributed by atoms with Crippen molar-refractivity contribution < 1.29 is 19.1 Å². The van der Waals surface area contributed by atoms with Crippen molar-refractivity contribution in [3.8, 4) is 5.75 Å². The summed E-state index contributed by atoms with van der Waals surface area (Å²) in [6.45, 7) is 3.82. The van der Waals surface area contributed by atoms with Gasteiger partial charge in [-0.3, -0.25) is 9.59 Å². The molecule has 0 aliphatic rings. The Morgan fingerprint density at radius 3 is 2.23 bits per heavy atom. The quantitative estimate of drug-likeness (QED) is 0.219. The molecule has 3 rings (SSSR count). The highest BCUT2D eigenvalue weighted by atomic mass is 16.5. The standard InChI is InChI=1S/C24H21N3O4/c1-16-6-10-20(11-7-16)26-22(28)23(29)27-25-15-18-8-12-21(13-9-18)31-24(30)19-5-3-4-17(2)14-19/h3-15H,1-2H3,(H,26,28)(H,27,29)/b25-15+. The summed E-state index contributed by atoms with van der Waals surface area (Å²) in [4.78, 5) is 35.9. The summed E-state index contributed by atoms with van der Waals surface area (Å²) in [5.74, 6) is -1.78. The van der Waals surface area contributed by atoms with Crippen molar-refractivity contribution in [1.29, 1.82) is 0 Å². The van der Waals surface area contributed by atoms with Crippen LogP contribution < -0.4 is 15.5 Å². The van der Waals surface area contributed by atoms with Crippen LogP contribution >= 0.6 is 0 Å². The Balaban J connectivity index is 1.50. The Bertz CT molecular complexity index is 1120. The number of carbonyl (C=O) groups excluding carboxylic acids is 3. The first-order valence-corrected chi connectivity index (χ1v) is 9.51. The first-order valence-electron chi connectivity index (χ1n) is 9.51. The molecule has 0 bridgehead atoms. The maximum Gasteiger partial charge on any atom is 0.343 e. The van der Waals surface area contributed by atoms with Crippen molar-refractivity contribution in [2.75, 3.05) is 5.32 Å². The molecule has 0 aliphatic carbocycles. The Kier molecular flexibility index (Phi) is 6.90. The lowest BCUT2D eigenvalue weighted by atomic mass is 10.1. The number of aryl methyl sites for hydroxylation is 2. The fourth-order valence-electron chi connectivity index (χ4n) is 2.60. The van der Waals surface area contributed by atoms with Gasteiger partial charge < -0.3 is 10.1 Å². The lowest BCUT2D eigenvalue weighted by molar-refractivity contribution is -0.136. The third-order valence-corrected chi connectivity index (χ3v) is 4.24. The van der Waals surface area contributed by atoms with Gasteiger partial charge in [0.1, 0.15) is 5.75 Å². The highest BCUT2D eigenvalue weighted by Crippen LogP contribution is 2.14. The molecule has 0 saturated heterocycles. The van der Waals surface area contributed by atoms with E-state index >= 15 is 0 Å². The Morgan fingerprint density at radius 1 is 0.839 bits per heavy atom. The second kappa shape index (κ2) is 9.98. The van der Waals surface area contributed by atoms with Crippen molar-refractivity contribution in [3.05, 3.63) is 95.1 Å². The molecule has 3 aromatic rings. The van der Waals surface area contributed by atoms with Gasteiger partial charge in [0.25, 0.3) is 0 Å². The number of hydrazone groups is 1. The smallest absolute Gasteiger partial charge is 0.343 e. The molecule has 2 amide bonds. The molecular formula is C24H21N3O4. The van der Waals surface area contributed by atoms with Crippen LogP contribution in [-0.4, -0.2) is 24.0 Å². The summed E-state index contributed by atoms with van der Waals surface area (Å²) in [5.41, 5.74) is 5.82. The minimum Gasteiger partial charge on any atom is -0.423 e. The summed E-state index contributed by atoms with van der Waals surface area (Å²) < 4.78 is 5.34. The van der Waals surface area contributed by atoms with Crippen LogP contribution in [0.1, 0.15) is 27.0 Å². The predicted molar refractivity (Wildman–Crippen MR) is 118 cm³/mol. The molecule has 0 unspecified atom stereocenters.